The minimum atomic E-state index is -0.585. The Labute approximate surface area is 123 Å². The van der Waals surface area contributed by atoms with Gasteiger partial charge in [0.1, 0.15) is 5.69 Å². The maximum Gasteiger partial charge on any atom is 0.292 e. The Balaban J connectivity index is 2.26. The molecule has 1 amide bonds. The zero-order valence-corrected chi connectivity index (χ0v) is 12.3. The van der Waals surface area contributed by atoms with Crippen molar-refractivity contribution in [3.8, 4) is 0 Å². The van der Waals surface area contributed by atoms with Crippen molar-refractivity contribution in [1.82, 2.24) is 0 Å². The summed E-state index contributed by atoms with van der Waals surface area (Å²) in [7, 11) is 0. The number of carbonyl (C=O) groups is 1. The summed E-state index contributed by atoms with van der Waals surface area (Å²) in [6, 6.07) is 4.38. The van der Waals surface area contributed by atoms with E-state index in [0.717, 1.165) is 19.3 Å². The van der Waals surface area contributed by atoms with E-state index in [-0.39, 0.29) is 17.3 Å². The molecular weight excluding hydrogens is 270 g/mol. The molecule has 0 spiro atoms. The largest absolute Gasteiger partial charge is 0.376 e. The van der Waals surface area contributed by atoms with E-state index in [0.29, 0.717) is 17.5 Å². The molecule has 0 aromatic heterocycles. The number of amides is 1. The topological polar surface area (TPSA) is 98.3 Å². The zero-order valence-electron chi connectivity index (χ0n) is 12.3. The van der Waals surface area contributed by atoms with Gasteiger partial charge in [-0.1, -0.05) is 13.8 Å². The van der Waals surface area contributed by atoms with E-state index < -0.39 is 10.8 Å². The highest BCUT2D eigenvalue weighted by atomic mass is 16.6. The summed E-state index contributed by atoms with van der Waals surface area (Å²) in [5.41, 5.74) is 5.88. The van der Waals surface area contributed by atoms with Crippen molar-refractivity contribution >= 4 is 17.3 Å². The zero-order chi connectivity index (χ0) is 15.6. The predicted molar refractivity (Wildman–Crippen MR) is 81.2 cm³/mol. The smallest absolute Gasteiger partial charge is 0.292 e. The number of nitro benzene ring substituents is 1. The molecule has 0 bridgehead atoms. The molecular formula is C15H21N3O3. The van der Waals surface area contributed by atoms with E-state index >= 15 is 0 Å². The van der Waals surface area contributed by atoms with Crippen LogP contribution in [0.25, 0.3) is 0 Å². The SMILES string of the molecule is CC1CCC(Nc2cc(C(N)=O)ccc2[N+](=O)[O-])C(C)C1. The molecule has 1 aromatic carbocycles. The van der Waals surface area contributed by atoms with Crippen LogP contribution in [0.3, 0.4) is 0 Å². The van der Waals surface area contributed by atoms with Gasteiger partial charge in [-0.05, 0) is 43.2 Å². The second kappa shape index (κ2) is 6.11. The third kappa shape index (κ3) is 3.51. The Morgan fingerprint density at radius 2 is 2.10 bits per heavy atom. The van der Waals surface area contributed by atoms with Crippen molar-refractivity contribution in [1.29, 1.82) is 0 Å². The van der Waals surface area contributed by atoms with Crippen LogP contribution in [-0.4, -0.2) is 16.9 Å². The van der Waals surface area contributed by atoms with Crippen LogP contribution in [-0.2, 0) is 0 Å². The summed E-state index contributed by atoms with van der Waals surface area (Å²) < 4.78 is 0. The minimum absolute atomic E-state index is 0.0224. The number of nitrogens with zero attached hydrogens (tertiary/aromatic N) is 1. The molecule has 114 valence electrons. The first-order valence-corrected chi connectivity index (χ1v) is 7.23. The van der Waals surface area contributed by atoms with Gasteiger partial charge in [0.05, 0.1) is 4.92 Å². The van der Waals surface area contributed by atoms with Crippen molar-refractivity contribution in [2.45, 2.75) is 39.2 Å². The van der Waals surface area contributed by atoms with Crippen LogP contribution in [0.4, 0.5) is 11.4 Å². The summed E-state index contributed by atoms with van der Waals surface area (Å²) >= 11 is 0. The summed E-state index contributed by atoms with van der Waals surface area (Å²) in [6.45, 7) is 4.37. The Morgan fingerprint density at radius 1 is 1.38 bits per heavy atom. The second-order valence-electron chi connectivity index (χ2n) is 6.00. The quantitative estimate of drug-likeness (QED) is 0.658. The molecule has 0 saturated heterocycles. The normalized spacial score (nSPS) is 25.3. The van der Waals surface area contributed by atoms with Crippen molar-refractivity contribution in [2.75, 3.05) is 5.32 Å². The third-order valence-corrected chi connectivity index (χ3v) is 4.25. The molecule has 6 nitrogen and oxygen atoms in total. The lowest BCUT2D eigenvalue weighted by Crippen LogP contribution is -2.33. The van der Waals surface area contributed by atoms with Crippen LogP contribution < -0.4 is 11.1 Å². The average Bonchev–Trinajstić information content (AvgIpc) is 2.41. The van der Waals surface area contributed by atoms with Gasteiger partial charge in [-0.3, -0.25) is 14.9 Å². The summed E-state index contributed by atoms with van der Waals surface area (Å²) in [6.07, 6.45) is 3.17. The number of benzene rings is 1. The van der Waals surface area contributed by atoms with Gasteiger partial charge >= 0.3 is 0 Å². The molecule has 6 heteroatoms. The Morgan fingerprint density at radius 3 is 2.67 bits per heavy atom. The molecule has 1 aliphatic rings. The number of anilines is 1. The number of nitrogens with one attached hydrogen (secondary N) is 1. The highest BCUT2D eigenvalue weighted by molar-refractivity contribution is 5.94. The molecule has 1 saturated carbocycles. The van der Waals surface area contributed by atoms with Crippen LogP contribution in [0.5, 0.6) is 0 Å². The van der Waals surface area contributed by atoms with Crippen LogP contribution >= 0.6 is 0 Å². The van der Waals surface area contributed by atoms with E-state index in [1.807, 2.05) is 0 Å². The summed E-state index contributed by atoms with van der Waals surface area (Å²) in [5, 5.41) is 14.4. The highest BCUT2D eigenvalue weighted by Crippen LogP contribution is 2.33. The van der Waals surface area contributed by atoms with E-state index in [1.165, 1.54) is 18.2 Å². The van der Waals surface area contributed by atoms with Crippen LogP contribution in [0, 0.1) is 22.0 Å². The van der Waals surface area contributed by atoms with Gasteiger partial charge in [0.25, 0.3) is 5.69 Å². The number of rotatable bonds is 4. The molecule has 1 aromatic rings. The second-order valence-corrected chi connectivity index (χ2v) is 6.00. The van der Waals surface area contributed by atoms with Crippen molar-refractivity contribution in [3.05, 3.63) is 33.9 Å². The molecule has 3 unspecified atom stereocenters. The fourth-order valence-corrected chi connectivity index (χ4v) is 3.04. The molecule has 1 fully saturated rings. The number of nitro groups is 1. The number of carbonyl (C=O) groups excluding carboxylic acids is 1. The van der Waals surface area contributed by atoms with Gasteiger partial charge in [-0.15, -0.1) is 0 Å². The fourth-order valence-electron chi connectivity index (χ4n) is 3.04. The molecule has 0 radical (unpaired) electrons. The monoisotopic (exact) mass is 291 g/mol. The fraction of sp³-hybridized carbons (Fsp3) is 0.533. The molecule has 0 aliphatic heterocycles. The molecule has 3 N–H and O–H groups in total. The van der Waals surface area contributed by atoms with Gasteiger partial charge in [-0.25, -0.2) is 0 Å². The maximum atomic E-state index is 11.3. The van der Waals surface area contributed by atoms with E-state index in [4.69, 9.17) is 5.73 Å². The Kier molecular flexibility index (Phi) is 4.45. The molecule has 3 atom stereocenters. The van der Waals surface area contributed by atoms with Crippen molar-refractivity contribution < 1.29 is 9.72 Å². The maximum absolute atomic E-state index is 11.3. The van der Waals surface area contributed by atoms with Crippen molar-refractivity contribution in [2.24, 2.45) is 17.6 Å². The molecule has 21 heavy (non-hydrogen) atoms. The highest BCUT2D eigenvalue weighted by Gasteiger charge is 2.27. The Hall–Kier alpha value is -2.11. The van der Waals surface area contributed by atoms with E-state index in [1.54, 1.807) is 0 Å². The first-order chi connectivity index (χ1) is 9.88. The van der Waals surface area contributed by atoms with E-state index in [9.17, 15) is 14.9 Å². The van der Waals surface area contributed by atoms with Gasteiger partial charge in [0.2, 0.25) is 5.91 Å². The van der Waals surface area contributed by atoms with Gasteiger partial charge in [0, 0.05) is 17.7 Å². The molecule has 0 heterocycles. The van der Waals surface area contributed by atoms with Gasteiger partial charge in [-0.2, -0.15) is 0 Å². The number of primary amides is 1. The number of hydrogen-bond donors (Lipinski definition) is 2. The molecule has 1 aliphatic carbocycles. The first-order valence-electron chi connectivity index (χ1n) is 7.23. The lowest BCUT2D eigenvalue weighted by atomic mass is 9.80. The predicted octanol–water partition coefficient (Wildman–Crippen LogP) is 2.93. The summed E-state index contributed by atoms with van der Waals surface area (Å²) in [4.78, 5) is 21.9. The standard InChI is InChI=1S/C15H21N3O3/c1-9-3-5-12(10(2)7-9)17-13-8-11(15(16)19)4-6-14(13)18(20)21/h4,6,8-10,12,17H,3,5,7H2,1-2H3,(H2,16,19). The first kappa shape index (κ1) is 15.3. The van der Waals surface area contributed by atoms with Crippen LogP contribution in [0.15, 0.2) is 18.2 Å². The number of nitrogens with two attached hydrogens (primary N) is 1. The van der Waals surface area contributed by atoms with Crippen LogP contribution in [0.2, 0.25) is 0 Å². The summed E-state index contributed by atoms with van der Waals surface area (Å²) in [5.74, 6) is 0.536. The van der Waals surface area contributed by atoms with Gasteiger partial charge < -0.3 is 11.1 Å². The van der Waals surface area contributed by atoms with Crippen molar-refractivity contribution in [3.63, 3.8) is 0 Å². The van der Waals surface area contributed by atoms with Crippen LogP contribution in [0.1, 0.15) is 43.5 Å². The average molecular weight is 291 g/mol. The lowest BCUT2D eigenvalue weighted by molar-refractivity contribution is -0.384. The lowest BCUT2D eigenvalue weighted by Gasteiger charge is -2.33. The van der Waals surface area contributed by atoms with Gasteiger partial charge in [0.15, 0.2) is 0 Å². The number of hydrogen-bond acceptors (Lipinski definition) is 4. The Bertz CT molecular complexity index is 559. The third-order valence-electron chi connectivity index (χ3n) is 4.25. The molecule has 2 rings (SSSR count). The van der Waals surface area contributed by atoms with E-state index in [2.05, 4.69) is 19.2 Å². The minimum Gasteiger partial charge on any atom is -0.376 e.